The Hall–Kier alpha value is -1.63. The average Bonchev–Trinajstić information content (AvgIpc) is 2.49. The average molecular weight is 243 g/mol. The molecule has 0 aromatic carbocycles. The van der Waals surface area contributed by atoms with Crippen LogP contribution in [0.1, 0.15) is 26.5 Å². The summed E-state index contributed by atoms with van der Waals surface area (Å²) >= 11 is 1.15. The Morgan fingerprint density at radius 1 is 1.62 bits per heavy atom. The number of aromatic nitrogens is 1. The Labute approximate surface area is 96.7 Å². The number of nitrogens with two attached hydrogens (primary N) is 1. The van der Waals surface area contributed by atoms with E-state index in [-0.39, 0.29) is 11.4 Å². The van der Waals surface area contributed by atoms with Crippen molar-refractivity contribution in [1.29, 1.82) is 0 Å². The van der Waals surface area contributed by atoms with E-state index >= 15 is 0 Å². The van der Waals surface area contributed by atoms with E-state index in [0.29, 0.717) is 5.13 Å². The SMILES string of the molecule is CC(C)(C)O/N=C(/C(=O)O)c1csc(N)n1. The van der Waals surface area contributed by atoms with Crippen LogP contribution in [0.3, 0.4) is 0 Å². The topological polar surface area (TPSA) is 97.8 Å². The van der Waals surface area contributed by atoms with Gasteiger partial charge >= 0.3 is 5.97 Å². The normalized spacial score (nSPS) is 12.6. The predicted molar refractivity (Wildman–Crippen MR) is 61.5 cm³/mol. The van der Waals surface area contributed by atoms with Gasteiger partial charge in [0.15, 0.2) is 5.13 Å². The lowest BCUT2D eigenvalue weighted by Crippen LogP contribution is -2.21. The van der Waals surface area contributed by atoms with Gasteiger partial charge in [0.05, 0.1) is 0 Å². The van der Waals surface area contributed by atoms with Gasteiger partial charge in [-0.2, -0.15) is 0 Å². The molecule has 0 bridgehead atoms. The van der Waals surface area contributed by atoms with Gasteiger partial charge in [0.25, 0.3) is 0 Å². The minimum atomic E-state index is -1.20. The van der Waals surface area contributed by atoms with Crippen molar-refractivity contribution in [3.05, 3.63) is 11.1 Å². The monoisotopic (exact) mass is 243 g/mol. The van der Waals surface area contributed by atoms with E-state index in [4.69, 9.17) is 15.7 Å². The second-order valence-electron chi connectivity index (χ2n) is 4.02. The molecule has 16 heavy (non-hydrogen) atoms. The van der Waals surface area contributed by atoms with Crippen LogP contribution in [-0.2, 0) is 9.63 Å². The summed E-state index contributed by atoms with van der Waals surface area (Å²) in [6.07, 6.45) is 0. The first-order valence-electron chi connectivity index (χ1n) is 4.50. The number of anilines is 1. The third-order valence-electron chi connectivity index (χ3n) is 1.38. The van der Waals surface area contributed by atoms with E-state index in [1.807, 2.05) is 0 Å². The Bertz CT molecular complexity index is 420. The zero-order chi connectivity index (χ0) is 12.3. The molecule has 7 heteroatoms. The fourth-order valence-electron chi connectivity index (χ4n) is 0.774. The van der Waals surface area contributed by atoms with Crippen LogP contribution in [0, 0.1) is 0 Å². The summed E-state index contributed by atoms with van der Waals surface area (Å²) in [6.45, 7) is 5.31. The second-order valence-corrected chi connectivity index (χ2v) is 4.91. The summed E-state index contributed by atoms with van der Waals surface area (Å²) in [5, 5.41) is 14.3. The number of carbonyl (C=O) groups is 1. The molecule has 1 heterocycles. The minimum Gasteiger partial charge on any atom is -0.476 e. The highest BCUT2D eigenvalue weighted by molar-refractivity contribution is 7.13. The van der Waals surface area contributed by atoms with Crippen molar-refractivity contribution in [1.82, 2.24) is 4.98 Å². The highest BCUT2D eigenvalue weighted by Gasteiger charge is 2.19. The lowest BCUT2D eigenvalue weighted by atomic mass is 10.2. The summed E-state index contributed by atoms with van der Waals surface area (Å²) < 4.78 is 0. The van der Waals surface area contributed by atoms with Gasteiger partial charge in [-0.15, -0.1) is 11.3 Å². The van der Waals surface area contributed by atoms with Gasteiger partial charge in [0, 0.05) is 5.38 Å². The van der Waals surface area contributed by atoms with Gasteiger partial charge in [-0.05, 0) is 20.8 Å². The van der Waals surface area contributed by atoms with E-state index in [0.717, 1.165) is 11.3 Å². The van der Waals surface area contributed by atoms with E-state index in [9.17, 15) is 4.79 Å². The zero-order valence-corrected chi connectivity index (χ0v) is 10.0. The van der Waals surface area contributed by atoms with Crippen molar-refractivity contribution in [2.45, 2.75) is 26.4 Å². The summed E-state index contributed by atoms with van der Waals surface area (Å²) in [4.78, 5) is 19.8. The third-order valence-corrected chi connectivity index (χ3v) is 2.05. The molecule has 88 valence electrons. The van der Waals surface area contributed by atoms with Crippen molar-refractivity contribution >= 4 is 28.1 Å². The molecule has 0 atom stereocenters. The Balaban J connectivity index is 2.96. The van der Waals surface area contributed by atoms with Gasteiger partial charge < -0.3 is 15.7 Å². The maximum absolute atomic E-state index is 10.9. The van der Waals surface area contributed by atoms with Gasteiger partial charge in [-0.3, -0.25) is 0 Å². The zero-order valence-electron chi connectivity index (χ0n) is 9.22. The second kappa shape index (κ2) is 4.48. The molecular formula is C9H13N3O3S. The summed E-state index contributed by atoms with van der Waals surface area (Å²) in [6, 6.07) is 0. The van der Waals surface area contributed by atoms with E-state index < -0.39 is 11.6 Å². The molecule has 0 aliphatic heterocycles. The van der Waals surface area contributed by atoms with Crippen LogP contribution in [0.4, 0.5) is 5.13 Å². The number of hydrogen-bond acceptors (Lipinski definition) is 6. The number of nitrogen functional groups attached to an aromatic ring is 1. The molecule has 6 nitrogen and oxygen atoms in total. The number of oxime groups is 1. The fraction of sp³-hybridized carbons (Fsp3) is 0.444. The standard InChI is InChI=1S/C9H13N3O3S/c1-9(2,3)15-12-6(7(13)14)5-4-16-8(10)11-5/h4H,1-3H3,(H2,10,11)(H,13,14)/b12-6+. The summed E-state index contributed by atoms with van der Waals surface area (Å²) in [7, 11) is 0. The smallest absolute Gasteiger partial charge is 0.360 e. The maximum Gasteiger partial charge on any atom is 0.360 e. The van der Waals surface area contributed by atoms with E-state index in [1.54, 1.807) is 20.8 Å². The Kier molecular flexibility index (Phi) is 3.48. The van der Waals surface area contributed by atoms with Crippen LogP contribution in [0.15, 0.2) is 10.5 Å². The van der Waals surface area contributed by atoms with Crippen molar-refractivity contribution in [2.75, 3.05) is 5.73 Å². The quantitative estimate of drug-likeness (QED) is 0.616. The summed E-state index contributed by atoms with van der Waals surface area (Å²) in [5.41, 5.74) is 4.82. The highest BCUT2D eigenvalue weighted by atomic mass is 32.1. The van der Waals surface area contributed by atoms with Crippen molar-refractivity contribution in [2.24, 2.45) is 5.16 Å². The highest BCUT2D eigenvalue weighted by Crippen LogP contribution is 2.14. The molecule has 1 aromatic heterocycles. The molecule has 0 unspecified atom stereocenters. The Morgan fingerprint density at radius 3 is 2.62 bits per heavy atom. The van der Waals surface area contributed by atoms with Gasteiger partial charge in [0.1, 0.15) is 11.3 Å². The van der Waals surface area contributed by atoms with Gasteiger partial charge in [-0.25, -0.2) is 9.78 Å². The largest absolute Gasteiger partial charge is 0.476 e. The number of thiazole rings is 1. The minimum absolute atomic E-state index is 0.208. The molecule has 0 saturated heterocycles. The van der Waals surface area contributed by atoms with Crippen LogP contribution in [0.2, 0.25) is 0 Å². The molecule has 0 spiro atoms. The number of aliphatic carboxylic acids is 1. The number of rotatable bonds is 3. The maximum atomic E-state index is 10.9. The van der Waals surface area contributed by atoms with Crippen molar-refractivity contribution in [3.8, 4) is 0 Å². The number of carboxylic acid groups (broad SMARTS) is 1. The first-order valence-corrected chi connectivity index (χ1v) is 5.38. The first-order chi connectivity index (χ1) is 7.29. The van der Waals surface area contributed by atoms with E-state index in [2.05, 4.69) is 10.1 Å². The molecule has 0 amide bonds. The molecule has 0 fully saturated rings. The van der Waals surface area contributed by atoms with Crippen LogP contribution >= 0.6 is 11.3 Å². The molecule has 1 aromatic rings. The number of carboxylic acids is 1. The van der Waals surface area contributed by atoms with Crippen molar-refractivity contribution in [3.63, 3.8) is 0 Å². The Morgan fingerprint density at radius 2 is 2.25 bits per heavy atom. The predicted octanol–water partition coefficient (Wildman–Crippen LogP) is 1.33. The lowest BCUT2D eigenvalue weighted by molar-refractivity contribution is -0.129. The number of nitrogens with zero attached hydrogens (tertiary/aromatic N) is 2. The van der Waals surface area contributed by atoms with Crippen LogP contribution < -0.4 is 5.73 Å². The van der Waals surface area contributed by atoms with Crippen LogP contribution in [-0.4, -0.2) is 27.4 Å². The van der Waals surface area contributed by atoms with Gasteiger partial charge in [0.2, 0.25) is 5.71 Å². The fourth-order valence-corrected chi connectivity index (χ4v) is 1.32. The first kappa shape index (κ1) is 12.4. The number of hydrogen-bond donors (Lipinski definition) is 2. The molecule has 0 saturated carbocycles. The molecule has 0 radical (unpaired) electrons. The van der Waals surface area contributed by atoms with Crippen LogP contribution in [0.25, 0.3) is 0 Å². The molecule has 0 aliphatic carbocycles. The summed E-state index contributed by atoms with van der Waals surface area (Å²) in [5.74, 6) is -1.20. The van der Waals surface area contributed by atoms with Gasteiger partial charge in [-0.1, -0.05) is 5.16 Å². The molecule has 1 rings (SSSR count). The molecule has 0 aliphatic rings. The molecular weight excluding hydrogens is 230 g/mol. The lowest BCUT2D eigenvalue weighted by Gasteiger charge is -2.15. The molecule has 3 N–H and O–H groups in total. The van der Waals surface area contributed by atoms with Crippen molar-refractivity contribution < 1.29 is 14.7 Å². The third kappa shape index (κ3) is 3.50. The van der Waals surface area contributed by atoms with Crippen LogP contribution in [0.5, 0.6) is 0 Å². The van der Waals surface area contributed by atoms with E-state index in [1.165, 1.54) is 5.38 Å².